The zero-order chi connectivity index (χ0) is 21.8. The first kappa shape index (κ1) is 20.5. The second-order valence-electron chi connectivity index (χ2n) is 7.06. The lowest BCUT2D eigenvalue weighted by Gasteiger charge is -2.09. The van der Waals surface area contributed by atoms with Crippen LogP contribution in [0.25, 0.3) is 22.3 Å². The van der Waals surface area contributed by atoms with Crippen molar-refractivity contribution in [1.29, 1.82) is 0 Å². The third-order valence-electron chi connectivity index (χ3n) is 5.22. The van der Waals surface area contributed by atoms with Gasteiger partial charge in [-0.05, 0) is 60.5 Å². The number of ether oxygens (including phenoxy) is 3. The van der Waals surface area contributed by atoms with Gasteiger partial charge in [0.1, 0.15) is 34.3 Å². The molecule has 158 valence electrons. The summed E-state index contributed by atoms with van der Waals surface area (Å²) in [5.74, 6) is 2.89. The molecular weight excluding hydrogens is 390 g/mol. The van der Waals surface area contributed by atoms with Gasteiger partial charge in [-0.1, -0.05) is 13.0 Å². The van der Waals surface area contributed by atoms with E-state index in [2.05, 4.69) is 19.1 Å². The van der Waals surface area contributed by atoms with Crippen LogP contribution in [0.1, 0.15) is 12.5 Å². The van der Waals surface area contributed by atoms with Gasteiger partial charge < -0.3 is 18.6 Å². The van der Waals surface area contributed by atoms with Crippen molar-refractivity contribution < 1.29 is 18.6 Å². The van der Waals surface area contributed by atoms with E-state index in [4.69, 9.17) is 23.6 Å². The molecule has 0 aliphatic carbocycles. The highest BCUT2D eigenvalue weighted by Gasteiger charge is 2.09. The van der Waals surface area contributed by atoms with E-state index in [-0.39, 0.29) is 0 Å². The summed E-state index contributed by atoms with van der Waals surface area (Å²) in [5.41, 5.74) is 3.66. The largest absolute Gasteiger partial charge is 0.497 e. The molecule has 4 aromatic rings. The molecule has 5 heteroatoms. The highest BCUT2D eigenvalue weighted by Crippen LogP contribution is 2.32. The van der Waals surface area contributed by atoms with Crippen LogP contribution in [0.5, 0.6) is 17.2 Å². The fraction of sp³-hybridized carbons (Fsp3) is 0.192. The summed E-state index contributed by atoms with van der Waals surface area (Å²) < 4.78 is 22.4. The van der Waals surface area contributed by atoms with E-state index in [0.29, 0.717) is 5.75 Å². The second kappa shape index (κ2) is 8.96. The molecule has 0 atom stereocenters. The van der Waals surface area contributed by atoms with Gasteiger partial charge in [0, 0.05) is 23.1 Å². The summed E-state index contributed by atoms with van der Waals surface area (Å²) in [5, 5.41) is 1.76. The standard InChI is InChI=1S/C26H25NO4/c1-5-17-6-13-24-21(14-17)23(27-22-12-11-20(29-3)15-26(22)30-4)16-25(31-24)18-7-9-19(28-2)10-8-18/h6-16H,5H2,1-4H3. The fourth-order valence-corrected chi connectivity index (χ4v) is 3.43. The lowest BCUT2D eigenvalue weighted by Crippen LogP contribution is -2.04. The minimum absolute atomic E-state index is 0.644. The average molecular weight is 415 g/mol. The normalized spacial score (nSPS) is 11.5. The average Bonchev–Trinajstić information content (AvgIpc) is 2.83. The van der Waals surface area contributed by atoms with Crippen molar-refractivity contribution >= 4 is 16.7 Å². The predicted molar refractivity (Wildman–Crippen MR) is 122 cm³/mol. The zero-order valence-electron chi connectivity index (χ0n) is 18.1. The van der Waals surface area contributed by atoms with Gasteiger partial charge in [0.15, 0.2) is 0 Å². The molecule has 0 saturated heterocycles. The summed E-state index contributed by atoms with van der Waals surface area (Å²) in [6.07, 6.45) is 0.932. The fourth-order valence-electron chi connectivity index (χ4n) is 3.43. The molecule has 0 amide bonds. The number of hydrogen-bond donors (Lipinski definition) is 0. The van der Waals surface area contributed by atoms with E-state index in [1.165, 1.54) is 5.56 Å². The molecule has 0 N–H and O–H groups in total. The number of methoxy groups -OCH3 is 3. The van der Waals surface area contributed by atoms with Crippen molar-refractivity contribution in [2.45, 2.75) is 13.3 Å². The lowest BCUT2D eigenvalue weighted by atomic mass is 10.1. The molecular formula is C26H25NO4. The number of benzene rings is 3. The van der Waals surface area contributed by atoms with Crippen molar-refractivity contribution in [2.75, 3.05) is 21.3 Å². The summed E-state index contributed by atoms with van der Waals surface area (Å²) in [4.78, 5) is 4.95. The van der Waals surface area contributed by atoms with Crippen LogP contribution in [0.4, 0.5) is 5.69 Å². The Morgan fingerprint density at radius 1 is 0.774 bits per heavy atom. The van der Waals surface area contributed by atoms with Crippen molar-refractivity contribution in [1.82, 2.24) is 0 Å². The van der Waals surface area contributed by atoms with Gasteiger partial charge in [-0.3, -0.25) is 0 Å². The van der Waals surface area contributed by atoms with Crippen LogP contribution in [0.2, 0.25) is 0 Å². The second-order valence-corrected chi connectivity index (χ2v) is 7.06. The molecule has 0 aliphatic rings. The molecule has 0 saturated carbocycles. The summed E-state index contributed by atoms with van der Waals surface area (Å²) in [7, 11) is 4.91. The van der Waals surface area contributed by atoms with Crippen LogP contribution in [-0.4, -0.2) is 21.3 Å². The third kappa shape index (κ3) is 4.26. The Balaban J connectivity index is 1.96. The number of rotatable bonds is 6. The molecule has 0 unspecified atom stereocenters. The van der Waals surface area contributed by atoms with Gasteiger partial charge in [-0.15, -0.1) is 0 Å². The van der Waals surface area contributed by atoms with E-state index in [1.54, 1.807) is 21.3 Å². The molecule has 0 aliphatic heterocycles. The SMILES string of the molecule is CCc1ccc2oc(-c3ccc(OC)cc3)cc(=Nc3ccc(OC)cc3OC)c2c1. The topological polar surface area (TPSA) is 53.2 Å². The molecule has 3 aromatic carbocycles. The van der Waals surface area contributed by atoms with E-state index < -0.39 is 0 Å². The van der Waals surface area contributed by atoms with Crippen LogP contribution in [0, 0.1) is 0 Å². The molecule has 5 nitrogen and oxygen atoms in total. The molecule has 4 rings (SSSR count). The first-order chi connectivity index (χ1) is 15.1. The Morgan fingerprint density at radius 3 is 2.19 bits per heavy atom. The van der Waals surface area contributed by atoms with Crippen molar-refractivity contribution in [2.24, 2.45) is 4.99 Å². The maximum Gasteiger partial charge on any atom is 0.148 e. The minimum Gasteiger partial charge on any atom is -0.497 e. The first-order valence-corrected chi connectivity index (χ1v) is 10.1. The zero-order valence-corrected chi connectivity index (χ0v) is 18.1. The van der Waals surface area contributed by atoms with Crippen LogP contribution < -0.4 is 19.6 Å². The lowest BCUT2D eigenvalue weighted by molar-refractivity contribution is 0.395. The number of fused-ring (bicyclic) bond motifs is 1. The Morgan fingerprint density at radius 2 is 1.52 bits per heavy atom. The highest BCUT2D eigenvalue weighted by molar-refractivity contribution is 5.79. The van der Waals surface area contributed by atoms with E-state index in [0.717, 1.165) is 51.3 Å². The van der Waals surface area contributed by atoms with Gasteiger partial charge in [-0.25, -0.2) is 4.99 Å². The molecule has 0 fully saturated rings. The van der Waals surface area contributed by atoms with Crippen LogP contribution >= 0.6 is 0 Å². The quantitative estimate of drug-likeness (QED) is 0.392. The maximum absolute atomic E-state index is 6.24. The van der Waals surface area contributed by atoms with Gasteiger partial charge in [0.05, 0.1) is 26.7 Å². The summed E-state index contributed by atoms with van der Waals surface area (Å²) >= 11 is 0. The van der Waals surface area contributed by atoms with E-state index >= 15 is 0 Å². The molecule has 0 radical (unpaired) electrons. The Labute approximate surface area is 181 Å². The van der Waals surface area contributed by atoms with Gasteiger partial charge in [0.2, 0.25) is 0 Å². The third-order valence-corrected chi connectivity index (χ3v) is 5.22. The molecule has 31 heavy (non-hydrogen) atoms. The van der Waals surface area contributed by atoms with Gasteiger partial charge in [-0.2, -0.15) is 0 Å². The Bertz CT molecular complexity index is 1270. The molecule has 1 aromatic heterocycles. The summed E-state index contributed by atoms with van der Waals surface area (Å²) in [6, 6.07) is 21.6. The molecule has 1 heterocycles. The maximum atomic E-state index is 6.24. The number of hydrogen-bond acceptors (Lipinski definition) is 5. The smallest absolute Gasteiger partial charge is 0.148 e. The Hall–Kier alpha value is -3.73. The first-order valence-electron chi connectivity index (χ1n) is 10.1. The monoisotopic (exact) mass is 415 g/mol. The van der Waals surface area contributed by atoms with Gasteiger partial charge in [0.25, 0.3) is 0 Å². The van der Waals surface area contributed by atoms with Crippen molar-refractivity contribution in [3.8, 4) is 28.6 Å². The van der Waals surface area contributed by atoms with Crippen molar-refractivity contribution in [3.63, 3.8) is 0 Å². The predicted octanol–water partition coefficient (Wildman–Crippen LogP) is 5.92. The minimum atomic E-state index is 0.644. The van der Waals surface area contributed by atoms with E-state index in [1.807, 2.05) is 54.6 Å². The van der Waals surface area contributed by atoms with Crippen LogP contribution in [0.15, 0.2) is 76.1 Å². The van der Waals surface area contributed by atoms with Crippen LogP contribution in [-0.2, 0) is 6.42 Å². The van der Waals surface area contributed by atoms with E-state index in [9.17, 15) is 0 Å². The van der Waals surface area contributed by atoms with Crippen molar-refractivity contribution in [3.05, 3.63) is 77.7 Å². The highest BCUT2D eigenvalue weighted by atomic mass is 16.5. The molecule has 0 bridgehead atoms. The molecule has 0 spiro atoms. The van der Waals surface area contributed by atoms with Gasteiger partial charge >= 0.3 is 0 Å². The number of nitrogens with zero attached hydrogens (tertiary/aromatic N) is 1. The number of aryl methyl sites for hydroxylation is 1. The summed E-state index contributed by atoms with van der Waals surface area (Å²) in [6.45, 7) is 2.13. The Kier molecular flexibility index (Phi) is 5.94. The van der Waals surface area contributed by atoms with Crippen LogP contribution in [0.3, 0.4) is 0 Å².